The smallest absolute Gasteiger partial charge is 0.352 e. The molecular weight excluding hydrogens is 760 g/mol. The average Bonchev–Trinajstić information content (AvgIpc) is 3.46. The fraction of sp³-hybridized carbons (Fsp3) is 0.419. The zero-order valence-electron chi connectivity index (χ0n) is 28.2. The van der Waals surface area contributed by atoms with Gasteiger partial charge in [-0.1, -0.05) is 16.8 Å². The van der Waals surface area contributed by atoms with Crippen LogP contribution >= 0.6 is 34.7 Å². The Hall–Kier alpha value is -5.12. The number of carbonyl (C=O) groups is 6. The van der Waals surface area contributed by atoms with E-state index in [0.29, 0.717) is 29.6 Å². The van der Waals surface area contributed by atoms with Crippen molar-refractivity contribution in [1.82, 2.24) is 20.1 Å². The predicted octanol–water partition coefficient (Wildman–Crippen LogP) is -0.0410. The van der Waals surface area contributed by atoms with E-state index in [2.05, 4.69) is 15.5 Å². The predicted molar refractivity (Wildman–Crippen MR) is 190 cm³/mol. The first-order chi connectivity index (χ1) is 24.9. The van der Waals surface area contributed by atoms with Crippen molar-refractivity contribution >= 4 is 81.1 Å². The number of amides is 4. The minimum Gasteiger partial charge on any atom is -0.504 e. The average molecular weight is 796 g/mol. The molecule has 19 nitrogen and oxygen atoms in total. The Labute approximate surface area is 314 Å². The van der Waals surface area contributed by atoms with E-state index in [1.807, 2.05) is 14.0 Å². The van der Waals surface area contributed by atoms with Gasteiger partial charge in [-0.25, -0.2) is 14.6 Å². The van der Waals surface area contributed by atoms with Gasteiger partial charge in [-0.15, -0.1) is 23.1 Å². The number of likely N-dealkylation sites (N-methyl/N-ethyl adjacent to an activating group) is 1. The maximum Gasteiger partial charge on any atom is 0.352 e. The number of β-lactam (4-membered cyclic amide) rings is 1. The Morgan fingerprint density at radius 1 is 1.21 bits per heavy atom. The van der Waals surface area contributed by atoms with E-state index in [1.54, 1.807) is 4.90 Å². The number of aromatic hydroxyl groups is 2. The quantitative estimate of drug-likeness (QED) is 0.0488. The number of hydrogen-bond donors (Lipinski definition) is 7. The molecule has 0 radical (unpaired) electrons. The third-order valence-corrected chi connectivity index (χ3v) is 11.5. The van der Waals surface area contributed by atoms with Gasteiger partial charge in [0.25, 0.3) is 17.7 Å². The Kier molecular flexibility index (Phi) is 11.4. The topological polar surface area (TPSA) is 288 Å². The van der Waals surface area contributed by atoms with E-state index in [-0.39, 0.29) is 52.0 Å². The number of aliphatic carboxylic acids is 2. The van der Waals surface area contributed by atoms with Crippen LogP contribution in [0.2, 0.25) is 5.02 Å². The zero-order valence-corrected chi connectivity index (χ0v) is 30.6. The van der Waals surface area contributed by atoms with E-state index in [0.717, 1.165) is 16.2 Å². The molecule has 0 unspecified atom stereocenters. The molecular formula is C31H36ClN8O11S2+. The third-order valence-electron chi connectivity index (χ3n) is 9.11. The highest BCUT2D eigenvalue weighted by Crippen LogP contribution is 2.41. The molecule has 5 atom stereocenters. The van der Waals surface area contributed by atoms with Gasteiger partial charge in [-0.05, 0) is 19.1 Å². The Balaban J connectivity index is 1.31. The van der Waals surface area contributed by atoms with E-state index >= 15 is 0 Å². The van der Waals surface area contributed by atoms with Gasteiger partial charge < -0.3 is 51.4 Å². The molecule has 53 heavy (non-hydrogen) atoms. The molecule has 0 aliphatic carbocycles. The number of carboxylic acid groups (broad SMARTS) is 2. The van der Waals surface area contributed by atoms with Crippen LogP contribution in [-0.2, 0) is 28.8 Å². The van der Waals surface area contributed by atoms with Crippen molar-refractivity contribution in [2.75, 3.05) is 44.7 Å². The van der Waals surface area contributed by atoms with E-state index < -0.39 is 76.7 Å². The van der Waals surface area contributed by atoms with Gasteiger partial charge in [-0.3, -0.25) is 24.1 Å². The number of nitrogens with two attached hydrogens (primary N) is 2. The number of nitrogens with zero attached hydrogens (tertiary/aromatic N) is 5. The number of aromatic nitrogens is 1. The van der Waals surface area contributed by atoms with Crippen molar-refractivity contribution in [3.8, 4) is 11.5 Å². The van der Waals surface area contributed by atoms with Crippen LogP contribution in [0.25, 0.3) is 0 Å². The lowest BCUT2D eigenvalue weighted by Crippen LogP contribution is -2.71. The monoisotopic (exact) mass is 795 g/mol. The number of carbonyl (C=O) groups excluding carboxylic acids is 4. The number of nitrogen functional groups attached to an aromatic ring is 1. The molecule has 4 heterocycles. The number of primary amides is 1. The molecule has 0 bridgehead atoms. The SMILES string of the molecule is C[C@@H]1CC[N@@+](C)(CC2=C(C(=O)O)N3C(=O)[C@@H](NC(=O)/C(=N\O[C@@H](CC(N)=O)C(=O)O)c4csc(N)n4)[C@H]3SC2)CCN1C(=O)c1ccc(O)c(O)c1Cl. The number of halogens is 1. The maximum absolute atomic E-state index is 13.5. The molecule has 5 rings (SSSR count). The Bertz CT molecular complexity index is 1940. The molecule has 9 N–H and O–H groups in total. The number of anilines is 1. The van der Waals surface area contributed by atoms with Gasteiger partial charge in [0.1, 0.15) is 29.4 Å². The Morgan fingerprint density at radius 2 is 1.92 bits per heavy atom. The summed E-state index contributed by atoms with van der Waals surface area (Å²) in [5, 5.41) is 45.9. The fourth-order valence-corrected chi connectivity index (χ4v) is 8.34. The van der Waals surface area contributed by atoms with E-state index in [1.165, 1.54) is 29.3 Å². The van der Waals surface area contributed by atoms with Crippen LogP contribution in [0.3, 0.4) is 0 Å². The van der Waals surface area contributed by atoms with Gasteiger partial charge in [0.05, 0.1) is 43.7 Å². The molecule has 0 spiro atoms. The van der Waals surface area contributed by atoms with Crippen molar-refractivity contribution in [3.05, 3.63) is 45.1 Å². The standard InChI is InChI=1S/C31H35ClN8O11S2/c1-13-5-7-40(2,8-6-38(13)26(45)15-3-4-17(41)24(43)20(15)32)10-14-11-52-28-22(27(46)39(28)23(14)30(49)50)36-25(44)21(16-12-53-31(34)35-16)37-51-18(29(47)48)9-19(33)42/h3-4,12-13,18,22,28H,5-11H2,1-2H3,(H8-,33,34,35,36,37,41,42,43,44,45,47,48,49,50)/p+1/t13-,18+,22-,28-,40-/m1/s1. The van der Waals surface area contributed by atoms with Crippen LogP contribution < -0.4 is 16.8 Å². The normalized spacial score (nSPS) is 23.7. The summed E-state index contributed by atoms with van der Waals surface area (Å²) in [4.78, 5) is 87.6. The number of thioether (sulfide) groups is 1. The second-order valence-corrected chi connectivity index (χ2v) is 15.3. The maximum atomic E-state index is 13.5. The first-order valence-electron chi connectivity index (χ1n) is 15.9. The first kappa shape index (κ1) is 39.1. The van der Waals surface area contributed by atoms with Gasteiger partial charge in [-0.2, -0.15) is 0 Å². The number of quaternary nitrogens is 1. The fourth-order valence-electron chi connectivity index (χ4n) is 6.21. The largest absolute Gasteiger partial charge is 0.504 e. The number of thiazole rings is 1. The number of nitrogens with one attached hydrogen (secondary N) is 1. The molecule has 1 aromatic carbocycles. The minimum atomic E-state index is -1.82. The molecule has 22 heteroatoms. The molecule has 1 aromatic heterocycles. The highest BCUT2D eigenvalue weighted by atomic mass is 35.5. The number of fused-ring (bicyclic) bond motifs is 1. The van der Waals surface area contributed by atoms with Gasteiger partial charge in [0, 0.05) is 29.2 Å². The van der Waals surface area contributed by atoms with Crippen LogP contribution in [0.1, 0.15) is 35.8 Å². The summed E-state index contributed by atoms with van der Waals surface area (Å²) >= 11 is 8.36. The first-order valence-corrected chi connectivity index (χ1v) is 18.2. The van der Waals surface area contributed by atoms with Crippen LogP contribution in [0.5, 0.6) is 11.5 Å². The van der Waals surface area contributed by atoms with Crippen molar-refractivity contribution < 1.29 is 58.5 Å². The third kappa shape index (κ3) is 8.11. The van der Waals surface area contributed by atoms with Crippen molar-refractivity contribution in [3.63, 3.8) is 0 Å². The second-order valence-electron chi connectivity index (χ2n) is 12.9. The van der Waals surface area contributed by atoms with Gasteiger partial charge in [0.2, 0.25) is 12.0 Å². The number of carboxylic acids is 2. The highest BCUT2D eigenvalue weighted by Gasteiger charge is 2.55. The summed E-state index contributed by atoms with van der Waals surface area (Å²) in [6, 6.07) is 1.08. The number of benzene rings is 1. The number of rotatable bonds is 12. The lowest BCUT2D eigenvalue weighted by atomic mass is 10.0. The van der Waals surface area contributed by atoms with E-state index in [9.17, 15) is 49.2 Å². The zero-order chi connectivity index (χ0) is 38.9. The molecule has 284 valence electrons. The molecule has 0 saturated carbocycles. The summed E-state index contributed by atoms with van der Waals surface area (Å²) in [7, 11) is 1.93. The number of phenols is 2. The lowest BCUT2D eigenvalue weighted by Gasteiger charge is -2.50. The molecule has 2 fully saturated rings. The molecule has 2 aromatic rings. The number of oxime groups is 1. The summed E-state index contributed by atoms with van der Waals surface area (Å²) in [5.41, 5.74) is 10.5. The number of phenolic OH excluding ortho intramolecular Hbond substituents is 2. The number of hydrogen-bond acceptors (Lipinski definition) is 14. The van der Waals surface area contributed by atoms with E-state index in [4.69, 9.17) is 27.9 Å². The molecule has 3 aliphatic rings. The minimum absolute atomic E-state index is 0.0302. The molecule has 3 aliphatic heterocycles. The second kappa shape index (κ2) is 15.5. The van der Waals surface area contributed by atoms with Crippen LogP contribution in [-0.4, -0.2) is 144 Å². The lowest BCUT2D eigenvalue weighted by molar-refractivity contribution is -0.903. The van der Waals surface area contributed by atoms with Gasteiger partial charge >= 0.3 is 11.9 Å². The van der Waals surface area contributed by atoms with Crippen molar-refractivity contribution in [2.45, 2.75) is 43.3 Å². The molecule has 2 saturated heterocycles. The van der Waals surface area contributed by atoms with Gasteiger partial charge in [0.15, 0.2) is 22.3 Å². The summed E-state index contributed by atoms with van der Waals surface area (Å²) in [6.45, 7) is 3.36. The highest BCUT2D eigenvalue weighted by molar-refractivity contribution is 8.00. The molecule has 4 amide bonds. The van der Waals surface area contributed by atoms with Crippen molar-refractivity contribution in [1.29, 1.82) is 0 Å². The van der Waals surface area contributed by atoms with Crippen molar-refractivity contribution in [2.24, 2.45) is 10.9 Å². The Morgan fingerprint density at radius 3 is 2.55 bits per heavy atom. The summed E-state index contributed by atoms with van der Waals surface area (Å²) in [5.74, 6) is -6.89. The summed E-state index contributed by atoms with van der Waals surface area (Å²) in [6.07, 6.45) is -2.03. The van der Waals surface area contributed by atoms with Crippen LogP contribution in [0, 0.1) is 0 Å². The van der Waals surface area contributed by atoms with Crippen LogP contribution in [0.15, 0.2) is 33.9 Å². The summed E-state index contributed by atoms with van der Waals surface area (Å²) < 4.78 is 0.339. The van der Waals surface area contributed by atoms with Crippen LogP contribution in [0.4, 0.5) is 5.13 Å².